The molecule has 1 N–H and O–H groups in total. The number of nitrogens with zero attached hydrogens (tertiary/aromatic N) is 1. The highest BCUT2D eigenvalue weighted by Crippen LogP contribution is 2.30. The second-order valence-corrected chi connectivity index (χ2v) is 5.61. The molecule has 1 aliphatic heterocycles. The molecule has 0 saturated carbocycles. The van der Waals surface area contributed by atoms with Crippen molar-refractivity contribution in [2.45, 2.75) is 25.8 Å². The van der Waals surface area contributed by atoms with E-state index >= 15 is 0 Å². The molecule has 2 rings (SSSR count). The minimum absolute atomic E-state index is 0.484. The molecule has 0 radical (unpaired) electrons. The van der Waals surface area contributed by atoms with Crippen LogP contribution in [0.4, 0.5) is 0 Å². The van der Waals surface area contributed by atoms with Gasteiger partial charge in [0.15, 0.2) is 0 Å². The number of rotatable bonds is 5. The molecule has 1 saturated heterocycles. The van der Waals surface area contributed by atoms with E-state index in [9.17, 15) is 0 Å². The Morgan fingerprint density at radius 3 is 2.79 bits per heavy atom. The lowest BCUT2D eigenvalue weighted by atomic mass is 9.95. The van der Waals surface area contributed by atoms with Crippen molar-refractivity contribution in [1.82, 2.24) is 10.2 Å². The topological polar surface area (TPSA) is 15.3 Å². The van der Waals surface area contributed by atoms with Crippen molar-refractivity contribution in [3.63, 3.8) is 0 Å². The van der Waals surface area contributed by atoms with Gasteiger partial charge in [0, 0.05) is 37.2 Å². The molecule has 104 valence electrons. The van der Waals surface area contributed by atoms with Crippen LogP contribution >= 0.6 is 11.6 Å². The summed E-state index contributed by atoms with van der Waals surface area (Å²) in [6.07, 6.45) is 4.20. The van der Waals surface area contributed by atoms with Crippen molar-refractivity contribution in [2.75, 3.05) is 26.2 Å². The van der Waals surface area contributed by atoms with Crippen LogP contribution in [0.25, 0.3) is 0 Å². The van der Waals surface area contributed by atoms with E-state index in [2.05, 4.69) is 35.9 Å². The number of piperazine rings is 1. The van der Waals surface area contributed by atoms with Gasteiger partial charge < -0.3 is 5.32 Å². The molecule has 19 heavy (non-hydrogen) atoms. The molecule has 1 aromatic rings. The Bertz CT molecular complexity index is 425. The number of benzene rings is 1. The van der Waals surface area contributed by atoms with E-state index in [0.29, 0.717) is 6.04 Å². The lowest BCUT2D eigenvalue weighted by Gasteiger charge is -2.36. The first-order valence-electron chi connectivity index (χ1n) is 7.04. The van der Waals surface area contributed by atoms with Crippen LogP contribution < -0.4 is 5.32 Å². The average Bonchev–Trinajstić information content (AvgIpc) is 2.42. The van der Waals surface area contributed by atoms with Gasteiger partial charge in [-0.3, -0.25) is 4.90 Å². The summed E-state index contributed by atoms with van der Waals surface area (Å²) in [6.45, 7) is 10.4. The third-order valence-corrected chi connectivity index (χ3v) is 4.06. The quantitative estimate of drug-likeness (QED) is 0.829. The highest BCUT2D eigenvalue weighted by molar-refractivity contribution is 6.30. The summed E-state index contributed by atoms with van der Waals surface area (Å²) in [5, 5.41) is 4.24. The number of hydrogen-bond acceptors (Lipinski definition) is 2. The Balaban J connectivity index is 2.22. The maximum absolute atomic E-state index is 6.07. The first kappa shape index (κ1) is 14.6. The summed E-state index contributed by atoms with van der Waals surface area (Å²) < 4.78 is 0. The zero-order valence-corrected chi connectivity index (χ0v) is 12.4. The average molecular weight is 279 g/mol. The van der Waals surface area contributed by atoms with Crippen LogP contribution in [0.15, 0.2) is 30.9 Å². The third-order valence-electron chi connectivity index (χ3n) is 3.83. The van der Waals surface area contributed by atoms with Crippen LogP contribution in [-0.4, -0.2) is 31.1 Å². The molecule has 0 aliphatic carbocycles. The Morgan fingerprint density at radius 1 is 1.42 bits per heavy atom. The predicted molar refractivity (Wildman–Crippen MR) is 82.8 cm³/mol. The normalized spacial score (nSPS) is 18.2. The minimum atomic E-state index is 0.484. The Kier molecular flexibility index (Phi) is 5.44. The van der Waals surface area contributed by atoms with Crippen molar-refractivity contribution in [3.8, 4) is 0 Å². The molecule has 1 aliphatic rings. The highest BCUT2D eigenvalue weighted by Gasteiger charge is 2.22. The standard InChI is InChI=1S/C16H23ClN2/c1-3-4-5-16(19-10-8-18-9-11-19)15-7-6-14(17)12-13(15)2/h3,6-7,12,16,18H,1,4-5,8-11H2,2H3/t16-/m1/s1. The fourth-order valence-corrected chi connectivity index (χ4v) is 3.04. The van der Waals surface area contributed by atoms with E-state index in [1.807, 2.05) is 12.1 Å². The summed E-state index contributed by atoms with van der Waals surface area (Å²) in [6, 6.07) is 6.75. The molecular weight excluding hydrogens is 256 g/mol. The van der Waals surface area contributed by atoms with Gasteiger partial charge in [-0.2, -0.15) is 0 Å². The molecule has 1 atom stereocenters. The first-order valence-corrected chi connectivity index (χ1v) is 7.42. The van der Waals surface area contributed by atoms with Gasteiger partial charge in [0.1, 0.15) is 0 Å². The summed E-state index contributed by atoms with van der Waals surface area (Å²) in [5.74, 6) is 0. The molecule has 1 heterocycles. The second kappa shape index (κ2) is 7.09. The van der Waals surface area contributed by atoms with Gasteiger partial charge in [-0.25, -0.2) is 0 Å². The maximum atomic E-state index is 6.07. The lowest BCUT2D eigenvalue weighted by Crippen LogP contribution is -2.45. The minimum Gasteiger partial charge on any atom is -0.314 e. The number of allylic oxidation sites excluding steroid dienone is 1. The molecule has 0 bridgehead atoms. The molecule has 1 aromatic carbocycles. The molecule has 1 fully saturated rings. The highest BCUT2D eigenvalue weighted by atomic mass is 35.5. The Labute approximate surface area is 121 Å². The number of halogens is 1. The van der Waals surface area contributed by atoms with Gasteiger partial charge in [-0.05, 0) is 43.0 Å². The van der Waals surface area contributed by atoms with Crippen molar-refractivity contribution >= 4 is 11.6 Å². The van der Waals surface area contributed by atoms with Gasteiger partial charge >= 0.3 is 0 Å². The van der Waals surface area contributed by atoms with Crippen LogP contribution in [0.2, 0.25) is 5.02 Å². The fraction of sp³-hybridized carbons (Fsp3) is 0.500. The summed E-state index contributed by atoms with van der Waals surface area (Å²) in [7, 11) is 0. The van der Waals surface area contributed by atoms with E-state index in [1.54, 1.807) is 0 Å². The summed E-state index contributed by atoms with van der Waals surface area (Å²) in [5.41, 5.74) is 2.70. The van der Waals surface area contributed by atoms with Crippen LogP contribution in [0.3, 0.4) is 0 Å². The number of hydrogen-bond donors (Lipinski definition) is 1. The summed E-state index contributed by atoms with van der Waals surface area (Å²) in [4.78, 5) is 2.58. The first-order chi connectivity index (χ1) is 9.22. The van der Waals surface area contributed by atoms with Gasteiger partial charge in [0.05, 0.1) is 0 Å². The second-order valence-electron chi connectivity index (χ2n) is 5.17. The van der Waals surface area contributed by atoms with E-state index < -0.39 is 0 Å². The largest absolute Gasteiger partial charge is 0.314 e. The molecule has 3 heteroatoms. The van der Waals surface area contributed by atoms with Crippen LogP contribution in [-0.2, 0) is 0 Å². The maximum Gasteiger partial charge on any atom is 0.0408 e. The van der Waals surface area contributed by atoms with Crippen LogP contribution in [0, 0.1) is 6.92 Å². The predicted octanol–water partition coefficient (Wildman–Crippen LogP) is 3.56. The van der Waals surface area contributed by atoms with Gasteiger partial charge in [-0.15, -0.1) is 6.58 Å². The molecule has 2 nitrogen and oxygen atoms in total. The molecule has 0 unspecified atom stereocenters. The van der Waals surface area contributed by atoms with Gasteiger partial charge in [0.25, 0.3) is 0 Å². The van der Waals surface area contributed by atoms with E-state index in [-0.39, 0.29) is 0 Å². The zero-order valence-electron chi connectivity index (χ0n) is 11.7. The molecule has 0 aromatic heterocycles. The van der Waals surface area contributed by atoms with Gasteiger partial charge in [-0.1, -0.05) is 23.7 Å². The van der Waals surface area contributed by atoms with Crippen molar-refractivity contribution < 1.29 is 0 Å². The van der Waals surface area contributed by atoms with Crippen molar-refractivity contribution in [2.24, 2.45) is 0 Å². The van der Waals surface area contributed by atoms with E-state index in [4.69, 9.17) is 11.6 Å². The van der Waals surface area contributed by atoms with Crippen molar-refractivity contribution in [3.05, 3.63) is 47.0 Å². The third kappa shape index (κ3) is 3.82. The zero-order chi connectivity index (χ0) is 13.7. The molecule has 0 amide bonds. The Hall–Kier alpha value is -0.830. The van der Waals surface area contributed by atoms with E-state index in [0.717, 1.165) is 44.0 Å². The monoisotopic (exact) mass is 278 g/mol. The smallest absolute Gasteiger partial charge is 0.0408 e. The van der Waals surface area contributed by atoms with Crippen LogP contribution in [0.1, 0.15) is 30.0 Å². The van der Waals surface area contributed by atoms with E-state index in [1.165, 1.54) is 11.1 Å². The fourth-order valence-electron chi connectivity index (χ4n) is 2.82. The number of aryl methyl sites for hydroxylation is 1. The van der Waals surface area contributed by atoms with Crippen molar-refractivity contribution in [1.29, 1.82) is 0 Å². The van der Waals surface area contributed by atoms with Gasteiger partial charge in [0.2, 0.25) is 0 Å². The lowest BCUT2D eigenvalue weighted by molar-refractivity contribution is 0.165. The molecular formula is C16H23ClN2. The van der Waals surface area contributed by atoms with Crippen LogP contribution in [0.5, 0.6) is 0 Å². The molecule has 0 spiro atoms. The number of nitrogens with one attached hydrogen (secondary N) is 1. The SMILES string of the molecule is C=CCC[C@H](c1ccc(Cl)cc1C)N1CCNCC1. The summed E-state index contributed by atoms with van der Waals surface area (Å²) >= 11 is 6.07. The Morgan fingerprint density at radius 2 is 2.16 bits per heavy atom.